The van der Waals surface area contributed by atoms with E-state index >= 15 is 0 Å². The maximum absolute atomic E-state index is 8.72. The maximum Gasteiger partial charge on any atom is 0.173 e. The number of aliphatic hydroxyl groups is 1. The largest absolute Gasteiger partial charge is 0.395 e. The highest BCUT2D eigenvalue weighted by molar-refractivity contribution is 6.41. The SMILES string of the molecule is CN(CCO)c1nc(Cl)c(Cl)nc1Cl. The molecule has 7 heteroatoms. The van der Waals surface area contributed by atoms with Crippen molar-refractivity contribution in [1.82, 2.24) is 9.97 Å². The summed E-state index contributed by atoms with van der Waals surface area (Å²) < 4.78 is 0. The highest BCUT2D eigenvalue weighted by atomic mass is 35.5. The van der Waals surface area contributed by atoms with Crippen molar-refractivity contribution >= 4 is 40.6 Å². The van der Waals surface area contributed by atoms with Crippen LogP contribution in [0.5, 0.6) is 0 Å². The number of halogens is 3. The van der Waals surface area contributed by atoms with Crippen LogP contribution >= 0.6 is 34.8 Å². The minimum absolute atomic E-state index is 0.00520. The molecule has 1 heterocycles. The molecule has 1 aromatic rings. The van der Waals surface area contributed by atoms with E-state index in [1.807, 2.05) is 0 Å². The lowest BCUT2D eigenvalue weighted by molar-refractivity contribution is 0.304. The topological polar surface area (TPSA) is 49.2 Å². The molecule has 0 fully saturated rings. The normalized spacial score (nSPS) is 10.4. The van der Waals surface area contributed by atoms with E-state index < -0.39 is 0 Å². The van der Waals surface area contributed by atoms with Gasteiger partial charge < -0.3 is 10.0 Å². The molecule has 14 heavy (non-hydrogen) atoms. The molecule has 4 nitrogen and oxygen atoms in total. The van der Waals surface area contributed by atoms with Gasteiger partial charge in [0.25, 0.3) is 0 Å². The summed E-state index contributed by atoms with van der Waals surface area (Å²) >= 11 is 17.1. The standard InChI is InChI=1S/C7H8Cl3N3O/c1-13(2-3-14)7-6(10)11-4(8)5(9)12-7/h14H,2-3H2,1H3. The fraction of sp³-hybridized carbons (Fsp3) is 0.429. The molecule has 1 N–H and O–H groups in total. The molecular weight excluding hydrogens is 248 g/mol. The van der Waals surface area contributed by atoms with E-state index in [0.717, 1.165) is 0 Å². The van der Waals surface area contributed by atoms with Gasteiger partial charge in [-0.2, -0.15) is 0 Å². The Labute approximate surface area is 96.4 Å². The van der Waals surface area contributed by atoms with Gasteiger partial charge in [0.15, 0.2) is 21.3 Å². The quantitative estimate of drug-likeness (QED) is 0.897. The number of nitrogens with zero attached hydrogens (tertiary/aromatic N) is 3. The minimum atomic E-state index is -0.00520. The van der Waals surface area contributed by atoms with Gasteiger partial charge >= 0.3 is 0 Å². The van der Waals surface area contributed by atoms with E-state index in [0.29, 0.717) is 12.4 Å². The first kappa shape index (κ1) is 11.8. The van der Waals surface area contributed by atoms with E-state index in [2.05, 4.69) is 9.97 Å². The zero-order chi connectivity index (χ0) is 10.7. The average Bonchev–Trinajstić information content (AvgIpc) is 2.11. The van der Waals surface area contributed by atoms with E-state index in [9.17, 15) is 0 Å². The Morgan fingerprint density at radius 2 is 1.71 bits per heavy atom. The van der Waals surface area contributed by atoms with Crippen LogP contribution in [0.1, 0.15) is 0 Å². The van der Waals surface area contributed by atoms with Crippen molar-refractivity contribution in [2.45, 2.75) is 0 Å². The molecule has 0 aliphatic carbocycles. The Balaban J connectivity index is 3.02. The highest BCUT2D eigenvalue weighted by Gasteiger charge is 2.12. The van der Waals surface area contributed by atoms with Crippen LogP contribution in [0.2, 0.25) is 15.5 Å². The summed E-state index contributed by atoms with van der Waals surface area (Å²) in [6.07, 6.45) is 0. The Morgan fingerprint density at radius 3 is 2.29 bits per heavy atom. The Hall–Kier alpha value is -0.290. The van der Waals surface area contributed by atoms with Gasteiger partial charge in [-0.25, -0.2) is 9.97 Å². The molecule has 0 spiro atoms. The van der Waals surface area contributed by atoms with Crippen molar-refractivity contribution in [3.8, 4) is 0 Å². The van der Waals surface area contributed by atoms with Gasteiger partial charge in [-0.15, -0.1) is 0 Å². The number of rotatable bonds is 3. The van der Waals surface area contributed by atoms with Crippen LogP contribution in [0.4, 0.5) is 5.82 Å². The minimum Gasteiger partial charge on any atom is -0.395 e. The Kier molecular flexibility index (Phi) is 4.19. The number of aromatic nitrogens is 2. The van der Waals surface area contributed by atoms with Crippen LogP contribution in [0.3, 0.4) is 0 Å². The summed E-state index contributed by atoms with van der Waals surface area (Å²) in [7, 11) is 1.72. The van der Waals surface area contributed by atoms with E-state index in [1.165, 1.54) is 0 Å². The molecule has 0 saturated carbocycles. The van der Waals surface area contributed by atoms with Crippen LogP contribution in [-0.4, -0.2) is 35.3 Å². The third-order valence-electron chi connectivity index (χ3n) is 1.55. The zero-order valence-corrected chi connectivity index (χ0v) is 9.60. The van der Waals surface area contributed by atoms with Crippen LogP contribution in [0.15, 0.2) is 0 Å². The second-order valence-electron chi connectivity index (χ2n) is 2.56. The van der Waals surface area contributed by atoms with Crippen molar-refractivity contribution in [1.29, 1.82) is 0 Å². The van der Waals surface area contributed by atoms with Gasteiger partial charge in [0.2, 0.25) is 0 Å². The second kappa shape index (κ2) is 4.98. The molecule has 0 bridgehead atoms. The summed E-state index contributed by atoms with van der Waals surface area (Å²) in [5.41, 5.74) is 0. The fourth-order valence-corrected chi connectivity index (χ4v) is 1.43. The molecular formula is C7H8Cl3N3O. The fourth-order valence-electron chi connectivity index (χ4n) is 0.866. The summed E-state index contributed by atoms with van der Waals surface area (Å²) in [5, 5.41) is 9.04. The predicted molar refractivity (Wildman–Crippen MR) is 57.4 cm³/mol. The number of anilines is 1. The second-order valence-corrected chi connectivity index (χ2v) is 3.64. The smallest absolute Gasteiger partial charge is 0.173 e. The molecule has 78 valence electrons. The summed E-state index contributed by atoms with van der Waals surface area (Å²) in [6, 6.07) is 0. The molecule has 0 radical (unpaired) electrons. The number of hydrogen-bond acceptors (Lipinski definition) is 4. The third-order valence-corrected chi connectivity index (χ3v) is 2.43. The lowest BCUT2D eigenvalue weighted by Crippen LogP contribution is -2.23. The van der Waals surface area contributed by atoms with Gasteiger partial charge in [0.05, 0.1) is 6.61 Å². The van der Waals surface area contributed by atoms with Gasteiger partial charge in [-0.05, 0) is 0 Å². The Morgan fingerprint density at radius 1 is 1.14 bits per heavy atom. The molecule has 1 rings (SSSR count). The monoisotopic (exact) mass is 255 g/mol. The molecule has 1 aromatic heterocycles. The van der Waals surface area contributed by atoms with Gasteiger partial charge in [-0.3, -0.25) is 0 Å². The number of hydrogen-bond donors (Lipinski definition) is 1. The first-order valence-electron chi connectivity index (χ1n) is 3.76. The highest BCUT2D eigenvalue weighted by Crippen LogP contribution is 2.26. The first-order chi connectivity index (χ1) is 6.56. The predicted octanol–water partition coefficient (Wildman–Crippen LogP) is 1.87. The Bertz CT molecular complexity index is 334. The molecule has 0 aliphatic rings. The van der Waals surface area contributed by atoms with Crippen molar-refractivity contribution in [3.63, 3.8) is 0 Å². The molecule has 0 unspecified atom stereocenters. The van der Waals surface area contributed by atoms with Crippen LogP contribution < -0.4 is 4.90 Å². The molecule has 0 aromatic carbocycles. The van der Waals surface area contributed by atoms with E-state index in [-0.39, 0.29) is 22.1 Å². The molecule has 0 aliphatic heterocycles. The lowest BCUT2D eigenvalue weighted by atomic mass is 10.5. The third kappa shape index (κ3) is 2.60. The lowest BCUT2D eigenvalue weighted by Gasteiger charge is -2.17. The average molecular weight is 257 g/mol. The van der Waals surface area contributed by atoms with Crippen molar-refractivity contribution in [2.24, 2.45) is 0 Å². The van der Waals surface area contributed by atoms with Crippen molar-refractivity contribution < 1.29 is 5.11 Å². The number of aliphatic hydroxyl groups excluding tert-OH is 1. The summed E-state index contributed by atoms with van der Waals surface area (Å²) in [6.45, 7) is 0.390. The van der Waals surface area contributed by atoms with Gasteiger partial charge in [0, 0.05) is 13.6 Å². The molecule has 0 atom stereocenters. The van der Waals surface area contributed by atoms with Gasteiger partial charge in [-0.1, -0.05) is 34.8 Å². The van der Waals surface area contributed by atoms with Crippen molar-refractivity contribution in [3.05, 3.63) is 15.5 Å². The van der Waals surface area contributed by atoms with Crippen molar-refractivity contribution in [2.75, 3.05) is 25.1 Å². The first-order valence-corrected chi connectivity index (χ1v) is 4.90. The van der Waals surface area contributed by atoms with E-state index in [1.54, 1.807) is 11.9 Å². The van der Waals surface area contributed by atoms with E-state index in [4.69, 9.17) is 39.9 Å². The van der Waals surface area contributed by atoms with Crippen LogP contribution in [0, 0.1) is 0 Å². The summed E-state index contributed by atoms with van der Waals surface area (Å²) in [5.74, 6) is 0.398. The molecule has 0 amide bonds. The van der Waals surface area contributed by atoms with Gasteiger partial charge in [0.1, 0.15) is 0 Å². The molecule has 0 saturated heterocycles. The van der Waals surface area contributed by atoms with Crippen LogP contribution in [0.25, 0.3) is 0 Å². The summed E-state index contributed by atoms with van der Waals surface area (Å²) in [4.78, 5) is 9.37. The maximum atomic E-state index is 8.72. The zero-order valence-electron chi connectivity index (χ0n) is 7.34. The van der Waals surface area contributed by atoms with Crippen LogP contribution in [-0.2, 0) is 0 Å². The number of likely N-dealkylation sites (N-methyl/N-ethyl adjacent to an activating group) is 1.